The lowest BCUT2D eigenvalue weighted by Crippen LogP contribution is -2.49. The van der Waals surface area contributed by atoms with E-state index >= 15 is 0 Å². The fraction of sp³-hybridized carbons (Fsp3) is 0.435. The van der Waals surface area contributed by atoms with Crippen molar-refractivity contribution in [2.45, 2.75) is 12.5 Å². The summed E-state index contributed by atoms with van der Waals surface area (Å²) < 4.78 is 43.0. The van der Waals surface area contributed by atoms with E-state index in [0.717, 1.165) is 17.7 Å². The van der Waals surface area contributed by atoms with Gasteiger partial charge in [0.25, 0.3) is 0 Å². The molecule has 32 heavy (non-hydrogen) atoms. The van der Waals surface area contributed by atoms with Gasteiger partial charge in [-0.25, -0.2) is 13.6 Å². The average molecular weight is 450 g/mol. The highest BCUT2D eigenvalue weighted by Gasteiger charge is 2.29. The van der Waals surface area contributed by atoms with E-state index in [1.54, 1.807) is 25.2 Å². The van der Waals surface area contributed by atoms with Gasteiger partial charge in [-0.1, -0.05) is 12.1 Å². The Balaban J connectivity index is 1.63. The highest BCUT2D eigenvalue weighted by molar-refractivity contribution is 5.75. The topological polar surface area (TPSA) is 80.3 Å². The molecule has 2 amide bonds. The van der Waals surface area contributed by atoms with E-state index in [1.807, 2.05) is 12.1 Å². The molecular weight excluding hydrogens is 422 g/mol. The minimum absolute atomic E-state index is 0.121. The van der Waals surface area contributed by atoms with Crippen LogP contribution in [0.1, 0.15) is 17.2 Å². The molecular formula is C23H28F2N2O5. The minimum Gasteiger partial charge on any atom is -0.493 e. The van der Waals surface area contributed by atoms with Gasteiger partial charge < -0.3 is 29.5 Å². The average Bonchev–Trinajstić information content (AvgIpc) is 2.83. The molecule has 0 radical (unpaired) electrons. The number of hydrogen-bond acceptors (Lipinski definition) is 5. The zero-order valence-electron chi connectivity index (χ0n) is 18.1. The third-order valence-corrected chi connectivity index (χ3v) is 5.49. The first-order valence-corrected chi connectivity index (χ1v) is 10.4. The van der Waals surface area contributed by atoms with Gasteiger partial charge in [0.2, 0.25) is 0 Å². The van der Waals surface area contributed by atoms with Gasteiger partial charge in [0.05, 0.1) is 33.5 Å². The van der Waals surface area contributed by atoms with Crippen LogP contribution in [0.15, 0.2) is 36.4 Å². The lowest BCUT2D eigenvalue weighted by Gasteiger charge is -2.36. The van der Waals surface area contributed by atoms with Crippen LogP contribution in [-0.2, 0) is 11.2 Å². The Hall–Kier alpha value is -2.91. The molecule has 1 heterocycles. The van der Waals surface area contributed by atoms with E-state index in [4.69, 9.17) is 14.2 Å². The van der Waals surface area contributed by atoms with E-state index in [-0.39, 0.29) is 31.7 Å². The van der Waals surface area contributed by atoms with Gasteiger partial charge in [0.1, 0.15) is 0 Å². The normalized spacial score (nSPS) is 17.0. The second-order valence-electron chi connectivity index (χ2n) is 7.59. The van der Waals surface area contributed by atoms with E-state index in [2.05, 4.69) is 5.32 Å². The molecule has 3 rings (SSSR count). The molecule has 0 spiro atoms. The summed E-state index contributed by atoms with van der Waals surface area (Å²) in [6, 6.07) is 8.21. The number of morpholine rings is 1. The molecule has 9 heteroatoms. The summed E-state index contributed by atoms with van der Waals surface area (Å²) in [4.78, 5) is 14.4. The summed E-state index contributed by atoms with van der Waals surface area (Å²) in [7, 11) is 3.11. The number of aliphatic hydroxyl groups excluding tert-OH is 1. The van der Waals surface area contributed by atoms with Crippen LogP contribution in [0.4, 0.5) is 13.6 Å². The number of methoxy groups -OCH3 is 2. The van der Waals surface area contributed by atoms with Gasteiger partial charge in [-0.15, -0.1) is 0 Å². The number of nitrogens with one attached hydrogen (secondary N) is 1. The molecule has 2 atom stereocenters. The Labute approximate surface area is 185 Å². The van der Waals surface area contributed by atoms with Crippen LogP contribution in [0, 0.1) is 17.6 Å². The van der Waals surface area contributed by atoms with Crippen molar-refractivity contribution in [1.82, 2.24) is 10.2 Å². The summed E-state index contributed by atoms with van der Waals surface area (Å²) in [6.07, 6.45) is 0.521. The number of carbonyl (C=O) groups is 1. The number of hydrogen-bond donors (Lipinski definition) is 2. The lowest BCUT2D eigenvalue weighted by atomic mass is 9.99. The SMILES string of the molecule is COc1ccc(CC(CO)CNC(=O)N2CCOCC2c2ccc(F)c(F)c2)cc1OC. The molecule has 1 aliphatic heterocycles. The Morgan fingerprint density at radius 1 is 1.19 bits per heavy atom. The number of benzene rings is 2. The van der Waals surface area contributed by atoms with Gasteiger partial charge in [0, 0.05) is 25.6 Å². The number of amides is 2. The van der Waals surface area contributed by atoms with Gasteiger partial charge >= 0.3 is 6.03 Å². The first kappa shape index (κ1) is 23.7. The summed E-state index contributed by atoms with van der Waals surface area (Å²) in [5.74, 6) is -0.931. The predicted octanol–water partition coefficient (Wildman–Crippen LogP) is 2.92. The monoisotopic (exact) mass is 450 g/mol. The zero-order chi connectivity index (χ0) is 23.1. The Morgan fingerprint density at radius 3 is 2.66 bits per heavy atom. The summed E-state index contributed by atoms with van der Waals surface area (Å²) >= 11 is 0. The number of carbonyl (C=O) groups excluding carboxylic acids is 1. The quantitative estimate of drug-likeness (QED) is 0.647. The van der Waals surface area contributed by atoms with Crippen molar-refractivity contribution in [3.63, 3.8) is 0 Å². The Bertz CT molecular complexity index is 927. The van der Waals surface area contributed by atoms with Crippen LogP contribution in [0.2, 0.25) is 0 Å². The maximum Gasteiger partial charge on any atom is 0.318 e. The second-order valence-corrected chi connectivity index (χ2v) is 7.59. The maximum absolute atomic E-state index is 13.7. The Kier molecular flexibility index (Phi) is 8.24. The van der Waals surface area contributed by atoms with Crippen LogP contribution >= 0.6 is 0 Å². The molecule has 2 aromatic rings. The highest BCUT2D eigenvalue weighted by atomic mass is 19.2. The van der Waals surface area contributed by atoms with Crippen LogP contribution in [-0.4, -0.2) is 63.2 Å². The number of ether oxygens (including phenoxy) is 3. The largest absolute Gasteiger partial charge is 0.493 e. The number of aliphatic hydroxyl groups is 1. The maximum atomic E-state index is 13.7. The first-order valence-electron chi connectivity index (χ1n) is 10.4. The van der Waals surface area contributed by atoms with Crippen molar-refractivity contribution in [1.29, 1.82) is 0 Å². The molecule has 2 aromatic carbocycles. The summed E-state index contributed by atoms with van der Waals surface area (Å²) in [6.45, 7) is 0.973. The van der Waals surface area contributed by atoms with Gasteiger partial charge in [-0.3, -0.25) is 0 Å². The molecule has 7 nitrogen and oxygen atoms in total. The molecule has 2 N–H and O–H groups in total. The lowest BCUT2D eigenvalue weighted by molar-refractivity contribution is 0.0112. The number of halogens is 2. The molecule has 2 unspecified atom stereocenters. The molecule has 0 bridgehead atoms. The third-order valence-electron chi connectivity index (χ3n) is 5.49. The van der Waals surface area contributed by atoms with E-state index < -0.39 is 17.7 Å². The van der Waals surface area contributed by atoms with Crippen molar-refractivity contribution in [2.24, 2.45) is 5.92 Å². The third kappa shape index (κ3) is 5.66. The van der Waals surface area contributed by atoms with Crippen molar-refractivity contribution in [3.8, 4) is 11.5 Å². The van der Waals surface area contributed by atoms with Crippen LogP contribution in [0.5, 0.6) is 11.5 Å². The Morgan fingerprint density at radius 2 is 1.97 bits per heavy atom. The predicted molar refractivity (Wildman–Crippen MR) is 114 cm³/mol. The first-order chi connectivity index (χ1) is 15.5. The molecule has 174 valence electrons. The zero-order valence-corrected chi connectivity index (χ0v) is 18.1. The number of rotatable bonds is 8. The molecule has 0 saturated carbocycles. The van der Waals surface area contributed by atoms with E-state index in [1.165, 1.54) is 6.07 Å². The molecule has 0 aliphatic carbocycles. The minimum atomic E-state index is -0.969. The molecule has 0 aromatic heterocycles. The smallest absolute Gasteiger partial charge is 0.318 e. The van der Waals surface area contributed by atoms with Crippen LogP contribution in [0.3, 0.4) is 0 Å². The fourth-order valence-corrected chi connectivity index (χ4v) is 3.72. The van der Waals surface area contributed by atoms with Crippen molar-refractivity contribution >= 4 is 6.03 Å². The second kappa shape index (κ2) is 11.1. The van der Waals surface area contributed by atoms with E-state index in [9.17, 15) is 18.7 Å². The number of urea groups is 1. The van der Waals surface area contributed by atoms with Crippen LogP contribution in [0.25, 0.3) is 0 Å². The van der Waals surface area contributed by atoms with Crippen molar-refractivity contribution in [3.05, 3.63) is 59.2 Å². The molecule has 1 saturated heterocycles. The molecule has 1 aliphatic rings. The highest BCUT2D eigenvalue weighted by Crippen LogP contribution is 2.29. The number of nitrogens with zero attached hydrogens (tertiary/aromatic N) is 1. The van der Waals surface area contributed by atoms with Gasteiger partial charge in [-0.2, -0.15) is 0 Å². The molecule has 1 fully saturated rings. The van der Waals surface area contributed by atoms with Crippen molar-refractivity contribution in [2.75, 3.05) is 47.1 Å². The summed E-state index contributed by atoms with van der Waals surface area (Å²) in [5, 5.41) is 12.7. The fourth-order valence-electron chi connectivity index (χ4n) is 3.72. The standard InChI is InChI=1S/C23H28F2N2O5/c1-30-21-6-3-15(10-22(21)31-2)9-16(13-28)12-26-23(29)27-7-8-32-14-20(27)17-4-5-18(24)19(25)11-17/h3-6,10-11,16,20,28H,7-9,12-14H2,1-2H3,(H,26,29). The van der Waals surface area contributed by atoms with Gasteiger partial charge in [0.15, 0.2) is 23.1 Å². The van der Waals surface area contributed by atoms with Gasteiger partial charge in [-0.05, 0) is 41.8 Å². The summed E-state index contributed by atoms with van der Waals surface area (Å²) in [5.41, 5.74) is 1.39. The van der Waals surface area contributed by atoms with Crippen molar-refractivity contribution < 1.29 is 32.9 Å². The van der Waals surface area contributed by atoms with E-state index in [0.29, 0.717) is 36.6 Å². The van der Waals surface area contributed by atoms with Crippen LogP contribution < -0.4 is 14.8 Å².